The van der Waals surface area contributed by atoms with Crippen LogP contribution in [0.25, 0.3) is 0 Å². The third-order valence-electron chi connectivity index (χ3n) is 3.02. The molecule has 1 saturated heterocycles. The molecule has 1 atom stereocenters. The summed E-state index contributed by atoms with van der Waals surface area (Å²) in [5, 5.41) is 10.5. The van der Waals surface area contributed by atoms with E-state index < -0.39 is 34.3 Å². The van der Waals surface area contributed by atoms with Gasteiger partial charge < -0.3 is 9.64 Å². The Morgan fingerprint density at radius 2 is 2.16 bits per heavy atom. The van der Waals surface area contributed by atoms with Crippen LogP contribution >= 0.6 is 0 Å². The lowest BCUT2D eigenvalue weighted by Gasteiger charge is -2.40. The fourth-order valence-corrected chi connectivity index (χ4v) is 1.94. The minimum Gasteiger partial charge on any atom is -0.467 e. The molecule has 0 bridgehead atoms. The summed E-state index contributed by atoms with van der Waals surface area (Å²) in [5.74, 6) is -2.64. The molecule has 1 aliphatic rings. The Labute approximate surface area is 106 Å². The second-order valence-electron chi connectivity index (χ2n) is 4.03. The first-order chi connectivity index (χ1) is 8.95. The molecule has 0 aliphatic carbocycles. The van der Waals surface area contributed by atoms with Crippen molar-refractivity contribution in [1.82, 2.24) is 0 Å². The molecular formula is C11H10F2N2O4. The highest BCUT2D eigenvalue weighted by Gasteiger charge is 2.37. The standard InChI is InChI=1S/C11H10F2N2O4/c1-19-11(16)8-2-3-14(8)9-4-7(13)10(15(17)18)5-6(9)12/h4-5,8H,2-3H2,1H3/t8-/m0/s1. The van der Waals surface area contributed by atoms with E-state index in [4.69, 9.17) is 0 Å². The van der Waals surface area contributed by atoms with E-state index >= 15 is 0 Å². The molecule has 8 heteroatoms. The number of rotatable bonds is 3. The van der Waals surface area contributed by atoms with Gasteiger partial charge in [-0.1, -0.05) is 0 Å². The molecule has 1 aromatic carbocycles. The van der Waals surface area contributed by atoms with Crippen LogP contribution in [0, 0.1) is 21.7 Å². The summed E-state index contributed by atoms with van der Waals surface area (Å²) in [5.41, 5.74) is -1.11. The van der Waals surface area contributed by atoms with E-state index in [9.17, 15) is 23.7 Å². The van der Waals surface area contributed by atoms with Crippen molar-refractivity contribution >= 4 is 17.3 Å². The van der Waals surface area contributed by atoms with Gasteiger partial charge in [0.15, 0.2) is 5.82 Å². The lowest BCUT2D eigenvalue weighted by atomic mass is 10.0. The SMILES string of the molecule is COC(=O)[C@@H]1CCN1c1cc(F)c([N+](=O)[O-])cc1F. The number of hydrogen-bond acceptors (Lipinski definition) is 5. The maximum absolute atomic E-state index is 13.7. The number of anilines is 1. The molecule has 6 nitrogen and oxygen atoms in total. The number of nitro benzene ring substituents is 1. The average molecular weight is 272 g/mol. The third-order valence-corrected chi connectivity index (χ3v) is 3.02. The number of nitrogens with zero attached hydrogens (tertiary/aromatic N) is 2. The van der Waals surface area contributed by atoms with Crippen LogP contribution in [-0.4, -0.2) is 30.6 Å². The highest BCUT2D eigenvalue weighted by Crippen LogP contribution is 2.33. The molecule has 1 fully saturated rings. The molecule has 2 rings (SSSR count). The lowest BCUT2D eigenvalue weighted by Crippen LogP contribution is -2.53. The largest absolute Gasteiger partial charge is 0.467 e. The summed E-state index contributed by atoms with van der Waals surface area (Å²) in [4.78, 5) is 22.1. The summed E-state index contributed by atoms with van der Waals surface area (Å²) in [6.07, 6.45) is 0.463. The highest BCUT2D eigenvalue weighted by molar-refractivity contribution is 5.82. The van der Waals surface area contributed by atoms with Crippen molar-refractivity contribution in [3.8, 4) is 0 Å². The van der Waals surface area contributed by atoms with Crippen LogP contribution in [0.1, 0.15) is 6.42 Å². The topological polar surface area (TPSA) is 72.7 Å². The third kappa shape index (κ3) is 2.20. The van der Waals surface area contributed by atoms with Crippen LogP contribution in [0.5, 0.6) is 0 Å². The lowest BCUT2D eigenvalue weighted by molar-refractivity contribution is -0.387. The van der Waals surface area contributed by atoms with Gasteiger partial charge >= 0.3 is 11.7 Å². The number of carbonyl (C=O) groups is 1. The quantitative estimate of drug-likeness (QED) is 0.475. The number of benzene rings is 1. The Balaban J connectivity index is 2.34. The van der Waals surface area contributed by atoms with Crippen LogP contribution in [0.15, 0.2) is 12.1 Å². The van der Waals surface area contributed by atoms with Gasteiger partial charge in [-0.2, -0.15) is 4.39 Å². The predicted octanol–water partition coefficient (Wildman–Crippen LogP) is 1.62. The smallest absolute Gasteiger partial charge is 0.328 e. The Morgan fingerprint density at radius 1 is 1.47 bits per heavy atom. The Morgan fingerprint density at radius 3 is 2.63 bits per heavy atom. The van der Waals surface area contributed by atoms with Crippen molar-refractivity contribution in [3.63, 3.8) is 0 Å². The number of nitro groups is 1. The van der Waals surface area contributed by atoms with Crippen LogP contribution in [-0.2, 0) is 9.53 Å². The van der Waals surface area contributed by atoms with Gasteiger partial charge in [-0.15, -0.1) is 0 Å². The van der Waals surface area contributed by atoms with Crippen LogP contribution in [0.3, 0.4) is 0 Å². The minimum absolute atomic E-state index is 0.176. The van der Waals surface area contributed by atoms with Gasteiger partial charge in [-0.25, -0.2) is 9.18 Å². The molecule has 1 heterocycles. The van der Waals surface area contributed by atoms with E-state index in [1.165, 1.54) is 12.0 Å². The Bertz CT molecular complexity index is 550. The van der Waals surface area contributed by atoms with Crippen molar-refractivity contribution in [1.29, 1.82) is 0 Å². The average Bonchev–Trinajstić information content (AvgIpc) is 2.31. The first kappa shape index (κ1) is 13.2. The molecule has 19 heavy (non-hydrogen) atoms. The normalized spacial score (nSPS) is 17.8. The van der Waals surface area contributed by atoms with Crippen molar-refractivity contribution in [2.24, 2.45) is 0 Å². The number of carbonyl (C=O) groups excluding carboxylic acids is 1. The molecular weight excluding hydrogens is 262 g/mol. The maximum atomic E-state index is 13.7. The number of halogens is 2. The summed E-state index contributed by atoms with van der Waals surface area (Å²) in [6.45, 7) is 0.355. The molecule has 0 radical (unpaired) electrons. The first-order valence-corrected chi connectivity index (χ1v) is 5.43. The van der Waals surface area contributed by atoms with Gasteiger partial charge in [-0.3, -0.25) is 10.1 Å². The molecule has 1 aromatic rings. The van der Waals surface area contributed by atoms with Gasteiger partial charge in [0.2, 0.25) is 5.82 Å². The number of methoxy groups -OCH3 is 1. The van der Waals surface area contributed by atoms with E-state index in [1.54, 1.807) is 0 Å². The molecule has 0 unspecified atom stereocenters. The van der Waals surface area contributed by atoms with E-state index in [-0.39, 0.29) is 5.69 Å². The molecule has 0 saturated carbocycles. The second kappa shape index (κ2) is 4.79. The number of ether oxygens (including phenoxy) is 1. The summed E-state index contributed by atoms with van der Waals surface area (Å²) < 4.78 is 31.7. The monoisotopic (exact) mass is 272 g/mol. The van der Waals surface area contributed by atoms with Gasteiger partial charge in [0.05, 0.1) is 23.8 Å². The van der Waals surface area contributed by atoms with Gasteiger partial charge in [0, 0.05) is 12.6 Å². The Hall–Kier alpha value is -2.25. The van der Waals surface area contributed by atoms with Crippen molar-refractivity contribution in [2.45, 2.75) is 12.5 Å². The number of hydrogen-bond donors (Lipinski definition) is 0. The van der Waals surface area contributed by atoms with Crippen LogP contribution < -0.4 is 4.90 Å². The van der Waals surface area contributed by atoms with Gasteiger partial charge in [0.25, 0.3) is 0 Å². The van der Waals surface area contributed by atoms with Crippen molar-refractivity contribution in [3.05, 3.63) is 33.9 Å². The van der Waals surface area contributed by atoms with Crippen molar-refractivity contribution in [2.75, 3.05) is 18.6 Å². The van der Waals surface area contributed by atoms with E-state index in [1.807, 2.05) is 0 Å². The zero-order valence-electron chi connectivity index (χ0n) is 9.93. The predicted molar refractivity (Wildman–Crippen MR) is 60.8 cm³/mol. The molecule has 1 aliphatic heterocycles. The van der Waals surface area contributed by atoms with Crippen molar-refractivity contribution < 1.29 is 23.2 Å². The maximum Gasteiger partial charge on any atom is 0.328 e. The molecule has 0 aromatic heterocycles. The van der Waals surface area contributed by atoms with E-state index in [0.29, 0.717) is 19.0 Å². The zero-order valence-corrected chi connectivity index (χ0v) is 9.93. The highest BCUT2D eigenvalue weighted by atomic mass is 19.1. The van der Waals surface area contributed by atoms with Gasteiger partial charge in [-0.05, 0) is 6.42 Å². The Kier molecular flexibility index (Phi) is 3.32. The molecule has 102 valence electrons. The fraction of sp³-hybridized carbons (Fsp3) is 0.364. The first-order valence-electron chi connectivity index (χ1n) is 5.43. The molecule has 0 N–H and O–H groups in total. The number of esters is 1. The molecule has 0 amide bonds. The zero-order chi connectivity index (χ0) is 14.2. The van der Waals surface area contributed by atoms with E-state index in [0.717, 1.165) is 6.07 Å². The fourth-order valence-electron chi connectivity index (χ4n) is 1.94. The van der Waals surface area contributed by atoms with Crippen LogP contribution in [0.4, 0.5) is 20.2 Å². The second-order valence-corrected chi connectivity index (χ2v) is 4.03. The molecule has 0 spiro atoms. The minimum atomic E-state index is -1.14. The summed E-state index contributed by atoms with van der Waals surface area (Å²) >= 11 is 0. The summed E-state index contributed by atoms with van der Waals surface area (Å²) in [7, 11) is 1.20. The summed E-state index contributed by atoms with van der Waals surface area (Å²) in [6, 6.07) is 0.556. The van der Waals surface area contributed by atoms with Gasteiger partial charge in [0.1, 0.15) is 6.04 Å². The van der Waals surface area contributed by atoms with E-state index in [2.05, 4.69) is 4.74 Å². The van der Waals surface area contributed by atoms with Crippen LogP contribution in [0.2, 0.25) is 0 Å².